The van der Waals surface area contributed by atoms with Gasteiger partial charge in [-0.1, -0.05) is 15.9 Å². The van der Waals surface area contributed by atoms with Gasteiger partial charge in [0.1, 0.15) is 11.6 Å². The number of aromatic nitrogens is 2. The van der Waals surface area contributed by atoms with E-state index in [-0.39, 0.29) is 12.4 Å². The van der Waals surface area contributed by atoms with Crippen LogP contribution in [0.3, 0.4) is 0 Å². The van der Waals surface area contributed by atoms with E-state index in [4.69, 9.17) is 5.11 Å². The van der Waals surface area contributed by atoms with Gasteiger partial charge in [-0.05, 0) is 18.2 Å². The molecule has 1 aromatic heterocycles. The zero-order valence-electron chi connectivity index (χ0n) is 7.67. The van der Waals surface area contributed by atoms with Crippen LogP contribution in [0.2, 0.25) is 0 Å². The van der Waals surface area contributed by atoms with Crippen LogP contribution in [0.4, 0.5) is 4.39 Å². The molecule has 0 atom stereocenters. The molecule has 78 valence electrons. The summed E-state index contributed by atoms with van der Waals surface area (Å²) < 4.78 is 13.8. The van der Waals surface area contributed by atoms with Crippen molar-refractivity contribution < 1.29 is 9.50 Å². The zero-order valence-corrected chi connectivity index (χ0v) is 9.25. The van der Waals surface area contributed by atoms with Gasteiger partial charge in [-0.2, -0.15) is 0 Å². The van der Waals surface area contributed by atoms with Crippen molar-refractivity contribution in [3.8, 4) is 11.4 Å². The highest BCUT2D eigenvalue weighted by Crippen LogP contribution is 2.26. The van der Waals surface area contributed by atoms with Crippen molar-refractivity contribution in [2.24, 2.45) is 0 Å². The molecule has 0 saturated carbocycles. The average Bonchev–Trinajstić information content (AvgIpc) is 2.70. The van der Waals surface area contributed by atoms with Crippen molar-refractivity contribution >= 4 is 15.9 Å². The van der Waals surface area contributed by atoms with E-state index in [1.54, 1.807) is 6.07 Å². The standard InChI is InChI=1S/C10H8BrFN2O/c11-9-2-1-6(12)3-8(9)10-13-4-7(5-15)14-10/h1-4,15H,5H2,(H,13,14). The number of H-pyrrole nitrogens is 1. The van der Waals surface area contributed by atoms with Crippen LogP contribution in [0.5, 0.6) is 0 Å². The van der Waals surface area contributed by atoms with Gasteiger partial charge in [-0.3, -0.25) is 0 Å². The van der Waals surface area contributed by atoms with Crippen molar-refractivity contribution in [3.63, 3.8) is 0 Å². The summed E-state index contributed by atoms with van der Waals surface area (Å²) in [5, 5.41) is 8.86. The van der Waals surface area contributed by atoms with Crippen LogP contribution in [-0.4, -0.2) is 15.1 Å². The molecule has 0 spiro atoms. The fourth-order valence-corrected chi connectivity index (χ4v) is 1.69. The molecule has 0 saturated heterocycles. The van der Waals surface area contributed by atoms with Crippen LogP contribution < -0.4 is 0 Å². The van der Waals surface area contributed by atoms with Gasteiger partial charge in [-0.25, -0.2) is 9.37 Å². The smallest absolute Gasteiger partial charge is 0.138 e. The van der Waals surface area contributed by atoms with Gasteiger partial charge >= 0.3 is 0 Å². The SMILES string of the molecule is OCc1cnc(-c2cc(F)ccc2Br)[nH]1. The second-order valence-electron chi connectivity index (χ2n) is 3.04. The molecule has 1 aromatic carbocycles. The molecule has 0 fully saturated rings. The Labute approximate surface area is 94.1 Å². The van der Waals surface area contributed by atoms with Crippen molar-refractivity contribution in [1.29, 1.82) is 0 Å². The minimum atomic E-state index is -0.324. The fourth-order valence-electron chi connectivity index (χ4n) is 1.26. The Kier molecular flexibility index (Phi) is 2.83. The first-order chi connectivity index (χ1) is 7.20. The molecule has 0 bridgehead atoms. The van der Waals surface area contributed by atoms with Gasteiger partial charge in [0, 0.05) is 10.0 Å². The lowest BCUT2D eigenvalue weighted by Crippen LogP contribution is -1.86. The third kappa shape index (κ3) is 2.08. The molecule has 5 heteroatoms. The summed E-state index contributed by atoms with van der Waals surface area (Å²) in [4.78, 5) is 6.94. The van der Waals surface area contributed by atoms with Crippen LogP contribution in [0, 0.1) is 5.82 Å². The third-order valence-corrected chi connectivity index (χ3v) is 2.67. The first-order valence-electron chi connectivity index (χ1n) is 4.31. The largest absolute Gasteiger partial charge is 0.390 e. The maximum absolute atomic E-state index is 13.0. The van der Waals surface area contributed by atoms with E-state index in [0.29, 0.717) is 17.1 Å². The number of halogens is 2. The predicted octanol–water partition coefficient (Wildman–Crippen LogP) is 2.47. The van der Waals surface area contributed by atoms with Crippen molar-refractivity contribution in [3.05, 3.63) is 40.4 Å². The van der Waals surface area contributed by atoms with Crippen molar-refractivity contribution in [2.45, 2.75) is 6.61 Å². The van der Waals surface area contributed by atoms with Gasteiger partial charge in [0.05, 0.1) is 18.5 Å². The molecule has 2 N–H and O–H groups in total. The normalized spacial score (nSPS) is 10.6. The van der Waals surface area contributed by atoms with Crippen LogP contribution in [-0.2, 0) is 6.61 Å². The quantitative estimate of drug-likeness (QED) is 0.881. The summed E-state index contributed by atoms with van der Waals surface area (Å²) in [7, 11) is 0. The van der Waals surface area contributed by atoms with Gasteiger partial charge in [-0.15, -0.1) is 0 Å². The summed E-state index contributed by atoms with van der Waals surface area (Å²) in [6, 6.07) is 4.36. The molecule has 0 aliphatic carbocycles. The Morgan fingerprint density at radius 1 is 1.47 bits per heavy atom. The number of aliphatic hydroxyl groups is 1. The molecule has 0 radical (unpaired) electrons. The Bertz CT molecular complexity index is 484. The van der Waals surface area contributed by atoms with Crippen LogP contribution in [0.1, 0.15) is 5.69 Å². The number of aromatic amines is 1. The molecule has 1 heterocycles. The molecule has 0 aliphatic heterocycles. The third-order valence-electron chi connectivity index (χ3n) is 1.98. The topological polar surface area (TPSA) is 48.9 Å². The number of imidazole rings is 1. The zero-order chi connectivity index (χ0) is 10.8. The van der Waals surface area contributed by atoms with Gasteiger partial charge in [0.15, 0.2) is 0 Å². The molecule has 2 aromatic rings. The lowest BCUT2D eigenvalue weighted by molar-refractivity contribution is 0.277. The molecule has 3 nitrogen and oxygen atoms in total. The van der Waals surface area contributed by atoms with Crippen LogP contribution in [0.25, 0.3) is 11.4 Å². The summed E-state index contributed by atoms with van der Waals surface area (Å²) in [5.74, 6) is 0.209. The van der Waals surface area contributed by atoms with E-state index in [2.05, 4.69) is 25.9 Å². The molecule has 0 amide bonds. The Hall–Kier alpha value is -1.20. The molecule has 15 heavy (non-hydrogen) atoms. The van der Waals surface area contributed by atoms with Gasteiger partial charge in [0.2, 0.25) is 0 Å². The van der Waals surface area contributed by atoms with E-state index in [9.17, 15) is 4.39 Å². The summed E-state index contributed by atoms with van der Waals surface area (Å²) in [6.45, 7) is -0.111. The van der Waals surface area contributed by atoms with Crippen LogP contribution in [0.15, 0.2) is 28.9 Å². The number of rotatable bonds is 2. The lowest BCUT2D eigenvalue weighted by Gasteiger charge is -2.00. The Morgan fingerprint density at radius 3 is 2.93 bits per heavy atom. The Morgan fingerprint density at radius 2 is 2.27 bits per heavy atom. The number of hydrogen-bond donors (Lipinski definition) is 2. The lowest BCUT2D eigenvalue weighted by atomic mass is 10.2. The molecule has 0 aliphatic rings. The van der Waals surface area contributed by atoms with Crippen molar-refractivity contribution in [1.82, 2.24) is 9.97 Å². The van der Waals surface area contributed by atoms with Crippen molar-refractivity contribution in [2.75, 3.05) is 0 Å². The minimum Gasteiger partial charge on any atom is -0.390 e. The maximum Gasteiger partial charge on any atom is 0.138 e. The summed E-state index contributed by atoms with van der Waals surface area (Å²) in [6.07, 6.45) is 1.52. The number of benzene rings is 1. The molecular formula is C10H8BrFN2O. The van der Waals surface area contributed by atoms with Gasteiger partial charge < -0.3 is 10.1 Å². The minimum absolute atomic E-state index is 0.111. The van der Waals surface area contributed by atoms with E-state index in [1.165, 1.54) is 18.3 Å². The number of nitrogens with one attached hydrogen (secondary N) is 1. The number of aliphatic hydroxyl groups excluding tert-OH is 1. The van der Waals surface area contributed by atoms with E-state index in [0.717, 1.165) is 4.47 Å². The first kappa shape index (κ1) is 10.3. The molecular weight excluding hydrogens is 263 g/mol. The Balaban J connectivity index is 2.48. The highest BCUT2D eigenvalue weighted by Gasteiger charge is 2.08. The molecule has 2 rings (SSSR count). The van der Waals surface area contributed by atoms with E-state index >= 15 is 0 Å². The molecule has 0 unspecified atom stereocenters. The van der Waals surface area contributed by atoms with Gasteiger partial charge in [0.25, 0.3) is 0 Å². The average molecular weight is 271 g/mol. The number of nitrogens with zero attached hydrogens (tertiary/aromatic N) is 1. The number of hydrogen-bond acceptors (Lipinski definition) is 2. The van der Waals surface area contributed by atoms with Crippen LogP contribution >= 0.6 is 15.9 Å². The van der Waals surface area contributed by atoms with E-state index < -0.39 is 0 Å². The highest BCUT2D eigenvalue weighted by molar-refractivity contribution is 9.10. The van der Waals surface area contributed by atoms with E-state index in [1.807, 2.05) is 0 Å². The first-order valence-corrected chi connectivity index (χ1v) is 5.10. The summed E-state index contributed by atoms with van der Waals surface area (Å²) in [5.41, 5.74) is 1.23. The summed E-state index contributed by atoms with van der Waals surface area (Å²) >= 11 is 3.31. The maximum atomic E-state index is 13.0. The predicted molar refractivity (Wildman–Crippen MR) is 57.6 cm³/mol. The monoisotopic (exact) mass is 270 g/mol. The fraction of sp³-hybridized carbons (Fsp3) is 0.100. The highest BCUT2D eigenvalue weighted by atomic mass is 79.9. The second-order valence-corrected chi connectivity index (χ2v) is 3.89. The second kappa shape index (κ2) is 4.12.